The molecule has 16 heavy (non-hydrogen) atoms. The molecular formula is C11H18O5. The minimum absolute atomic E-state index is 0.0166. The van der Waals surface area contributed by atoms with Gasteiger partial charge in [-0.1, -0.05) is 0 Å². The molecule has 0 atom stereocenters. The lowest BCUT2D eigenvalue weighted by Crippen LogP contribution is -2.49. The fourth-order valence-corrected chi connectivity index (χ4v) is 2.20. The van der Waals surface area contributed by atoms with Crippen LogP contribution < -0.4 is 0 Å². The summed E-state index contributed by atoms with van der Waals surface area (Å²) in [6, 6.07) is 0. The highest BCUT2D eigenvalue weighted by molar-refractivity contribution is 5.77. The van der Waals surface area contributed by atoms with Gasteiger partial charge in [0, 0.05) is 39.3 Å². The van der Waals surface area contributed by atoms with Gasteiger partial charge < -0.3 is 19.3 Å². The van der Waals surface area contributed by atoms with Crippen molar-refractivity contribution in [3.63, 3.8) is 0 Å². The molecule has 0 radical (unpaired) electrons. The van der Waals surface area contributed by atoms with Crippen molar-refractivity contribution in [3.8, 4) is 0 Å². The normalized spacial score (nSPS) is 26.5. The number of ether oxygens (including phenoxy) is 3. The molecule has 0 bridgehead atoms. The van der Waals surface area contributed by atoms with Crippen LogP contribution in [0.1, 0.15) is 25.7 Å². The molecule has 0 aliphatic carbocycles. The quantitative estimate of drug-likeness (QED) is 0.777. The Hall–Kier alpha value is -0.650. The lowest BCUT2D eigenvalue weighted by molar-refractivity contribution is -0.195. The van der Waals surface area contributed by atoms with Gasteiger partial charge in [-0.3, -0.25) is 0 Å². The highest BCUT2D eigenvalue weighted by atomic mass is 16.6. The molecule has 0 aromatic carbocycles. The van der Waals surface area contributed by atoms with Crippen LogP contribution in [0.2, 0.25) is 0 Å². The van der Waals surface area contributed by atoms with Crippen LogP contribution >= 0.6 is 0 Å². The Balaban J connectivity index is 1.98. The molecular weight excluding hydrogens is 212 g/mol. The van der Waals surface area contributed by atoms with E-state index in [1.54, 1.807) is 0 Å². The maximum Gasteiger partial charge on any atom is 0.336 e. The number of hydrogen-bond donors (Lipinski definition) is 1. The first-order valence-corrected chi connectivity index (χ1v) is 5.80. The summed E-state index contributed by atoms with van der Waals surface area (Å²) in [5.41, 5.74) is -1.03. The third kappa shape index (κ3) is 2.53. The third-order valence-corrected chi connectivity index (χ3v) is 3.25. The lowest BCUT2D eigenvalue weighted by Gasteiger charge is -2.37. The van der Waals surface area contributed by atoms with Gasteiger partial charge in [-0.2, -0.15) is 0 Å². The first-order valence-electron chi connectivity index (χ1n) is 5.80. The van der Waals surface area contributed by atoms with E-state index >= 15 is 0 Å². The van der Waals surface area contributed by atoms with Crippen LogP contribution in [0.25, 0.3) is 0 Å². The van der Waals surface area contributed by atoms with Gasteiger partial charge in [-0.15, -0.1) is 0 Å². The zero-order chi connectivity index (χ0) is 11.4. The average Bonchev–Trinajstić information content (AvgIpc) is 2.31. The smallest absolute Gasteiger partial charge is 0.336 e. The Kier molecular flexibility index (Phi) is 3.78. The highest BCUT2D eigenvalue weighted by Crippen LogP contribution is 2.29. The molecule has 5 nitrogen and oxygen atoms in total. The molecule has 0 aromatic rings. The minimum Gasteiger partial charge on any atom is -0.479 e. The molecule has 2 heterocycles. The predicted molar refractivity (Wildman–Crippen MR) is 55.3 cm³/mol. The maximum atomic E-state index is 11.3. The van der Waals surface area contributed by atoms with E-state index in [1.807, 2.05) is 0 Å². The van der Waals surface area contributed by atoms with Crippen molar-refractivity contribution in [2.24, 2.45) is 0 Å². The van der Waals surface area contributed by atoms with E-state index < -0.39 is 11.6 Å². The van der Waals surface area contributed by atoms with E-state index in [4.69, 9.17) is 14.2 Å². The average molecular weight is 230 g/mol. The Labute approximate surface area is 94.7 Å². The lowest BCUT2D eigenvalue weighted by atomic mass is 9.93. The zero-order valence-electron chi connectivity index (χ0n) is 9.31. The second-order valence-electron chi connectivity index (χ2n) is 4.34. The topological polar surface area (TPSA) is 65.0 Å². The van der Waals surface area contributed by atoms with Crippen molar-refractivity contribution >= 4 is 5.97 Å². The summed E-state index contributed by atoms with van der Waals surface area (Å²) < 4.78 is 16.2. The number of hydrogen-bond acceptors (Lipinski definition) is 4. The van der Waals surface area contributed by atoms with Crippen molar-refractivity contribution in [1.29, 1.82) is 0 Å². The fraction of sp³-hybridized carbons (Fsp3) is 0.909. The van der Waals surface area contributed by atoms with Crippen molar-refractivity contribution in [2.45, 2.75) is 37.4 Å². The van der Waals surface area contributed by atoms with Gasteiger partial charge in [-0.05, 0) is 12.8 Å². The van der Waals surface area contributed by atoms with E-state index in [2.05, 4.69) is 0 Å². The number of carboxylic acid groups (broad SMARTS) is 1. The van der Waals surface area contributed by atoms with Crippen molar-refractivity contribution in [2.75, 3.05) is 26.4 Å². The molecule has 1 N–H and O–H groups in total. The molecule has 0 unspecified atom stereocenters. The molecule has 0 aromatic heterocycles. The summed E-state index contributed by atoms with van der Waals surface area (Å²) in [6.45, 7) is 2.26. The van der Waals surface area contributed by atoms with Crippen LogP contribution in [0.3, 0.4) is 0 Å². The van der Waals surface area contributed by atoms with E-state index in [0.29, 0.717) is 39.3 Å². The Bertz CT molecular complexity index is 241. The number of rotatable bonds is 3. The predicted octanol–water partition coefficient (Wildman–Crippen LogP) is 0.816. The molecule has 2 aliphatic heterocycles. The Morgan fingerprint density at radius 2 is 1.69 bits per heavy atom. The maximum absolute atomic E-state index is 11.3. The molecule has 0 spiro atoms. The summed E-state index contributed by atoms with van der Waals surface area (Å²) in [5.74, 6) is -0.859. The van der Waals surface area contributed by atoms with Crippen molar-refractivity contribution < 1.29 is 24.1 Å². The van der Waals surface area contributed by atoms with Gasteiger partial charge in [0.25, 0.3) is 0 Å². The standard InChI is InChI=1S/C11H18O5/c12-10(13)11(3-7-15-8-4-11)16-9-1-5-14-6-2-9/h9H,1-8H2,(H,12,13). The zero-order valence-corrected chi connectivity index (χ0v) is 9.31. The van der Waals surface area contributed by atoms with Crippen LogP contribution in [0.5, 0.6) is 0 Å². The monoisotopic (exact) mass is 230 g/mol. The molecule has 0 amide bonds. The van der Waals surface area contributed by atoms with Crippen LogP contribution in [-0.2, 0) is 19.0 Å². The van der Waals surface area contributed by atoms with Crippen LogP contribution in [0.15, 0.2) is 0 Å². The van der Waals surface area contributed by atoms with Gasteiger partial charge in [0.2, 0.25) is 0 Å². The van der Waals surface area contributed by atoms with E-state index in [-0.39, 0.29) is 6.10 Å². The highest BCUT2D eigenvalue weighted by Gasteiger charge is 2.43. The number of carbonyl (C=O) groups is 1. The fourth-order valence-electron chi connectivity index (χ4n) is 2.20. The first-order chi connectivity index (χ1) is 7.73. The van der Waals surface area contributed by atoms with Crippen LogP contribution in [0.4, 0.5) is 0 Å². The Morgan fingerprint density at radius 3 is 2.25 bits per heavy atom. The van der Waals surface area contributed by atoms with Gasteiger partial charge in [0.05, 0.1) is 6.10 Å². The van der Waals surface area contributed by atoms with Crippen LogP contribution in [0, 0.1) is 0 Å². The van der Waals surface area contributed by atoms with E-state index in [1.165, 1.54) is 0 Å². The second kappa shape index (κ2) is 5.12. The summed E-state index contributed by atoms with van der Waals surface area (Å²) in [7, 11) is 0. The van der Waals surface area contributed by atoms with Gasteiger partial charge in [-0.25, -0.2) is 4.79 Å². The molecule has 92 valence electrons. The molecule has 2 fully saturated rings. The van der Waals surface area contributed by atoms with Gasteiger partial charge in [0.1, 0.15) is 0 Å². The number of aliphatic carboxylic acids is 1. The van der Waals surface area contributed by atoms with Crippen molar-refractivity contribution in [1.82, 2.24) is 0 Å². The largest absolute Gasteiger partial charge is 0.479 e. The molecule has 5 heteroatoms. The Morgan fingerprint density at radius 1 is 1.12 bits per heavy atom. The first kappa shape index (κ1) is 11.8. The van der Waals surface area contributed by atoms with E-state index in [9.17, 15) is 9.90 Å². The van der Waals surface area contributed by atoms with Gasteiger partial charge >= 0.3 is 5.97 Å². The molecule has 0 saturated carbocycles. The summed E-state index contributed by atoms with van der Waals surface area (Å²) in [5, 5.41) is 9.31. The minimum atomic E-state index is -1.03. The summed E-state index contributed by atoms with van der Waals surface area (Å²) in [6.07, 6.45) is 2.48. The van der Waals surface area contributed by atoms with Gasteiger partial charge in [0.15, 0.2) is 5.60 Å². The molecule has 2 saturated heterocycles. The van der Waals surface area contributed by atoms with Crippen LogP contribution in [-0.4, -0.2) is 49.2 Å². The molecule has 2 rings (SSSR count). The SMILES string of the molecule is O=C(O)C1(OC2CCOCC2)CCOCC1. The third-order valence-electron chi connectivity index (χ3n) is 3.25. The summed E-state index contributed by atoms with van der Waals surface area (Å²) in [4.78, 5) is 11.3. The second-order valence-corrected chi connectivity index (χ2v) is 4.34. The van der Waals surface area contributed by atoms with E-state index in [0.717, 1.165) is 12.8 Å². The summed E-state index contributed by atoms with van der Waals surface area (Å²) >= 11 is 0. The number of carboxylic acids is 1. The van der Waals surface area contributed by atoms with Crippen molar-refractivity contribution in [3.05, 3.63) is 0 Å². The molecule has 2 aliphatic rings.